The highest BCUT2D eigenvalue weighted by molar-refractivity contribution is 5.97. The lowest BCUT2D eigenvalue weighted by Crippen LogP contribution is -2.32. The van der Waals surface area contributed by atoms with Crippen LogP contribution in [0.5, 0.6) is 34.8 Å². The number of esters is 1. The van der Waals surface area contributed by atoms with Crippen LogP contribution in [0.2, 0.25) is 0 Å². The lowest BCUT2D eigenvalue weighted by atomic mass is 9.77. The van der Waals surface area contributed by atoms with Crippen LogP contribution in [-0.2, 0) is 16.8 Å². The Balaban J connectivity index is 1.49. The van der Waals surface area contributed by atoms with Gasteiger partial charge >= 0.3 is 5.97 Å². The molecule has 0 bridgehead atoms. The second-order valence-corrected chi connectivity index (χ2v) is 8.37. The van der Waals surface area contributed by atoms with E-state index in [-0.39, 0.29) is 35.0 Å². The molecule has 35 heavy (non-hydrogen) atoms. The van der Waals surface area contributed by atoms with Crippen LogP contribution < -0.4 is 4.74 Å². The third-order valence-electron chi connectivity index (χ3n) is 6.28. The SMILES string of the molecule is O=C1OC2(c3ccc(O)cc3Oc3cc(O)ccc32)c2ccc(CC(=O)n3c(O)ccc3O)cc21. The highest BCUT2D eigenvalue weighted by Gasteiger charge is 2.53. The summed E-state index contributed by atoms with van der Waals surface area (Å²) in [5, 5.41) is 39.7. The molecule has 9 nitrogen and oxygen atoms in total. The van der Waals surface area contributed by atoms with Crippen LogP contribution in [-0.4, -0.2) is 36.9 Å². The number of benzene rings is 3. The van der Waals surface area contributed by atoms with Gasteiger partial charge < -0.3 is 29.9 Å². The van der Waals surface area contributed by atoms with Crippen molar-refractivity contribution in [3.8, 4) is 34.8 Å². The quantitative estimate of drug-likeness (QED) is 0.324. The van der Waals surface area contributed by atoms with Gasteiger partial charge in [0.2, 0.25) is 17.7 Å². The van der Waals surface area contributed by atoms with E-state index < -0.39 is 29.2 Å². The molecule has 0 unspecified atom stereocenters. The monoisotopic (exact) mass is 471 g/mol. The number of carbonyl (C=O) groups excluding carboxylic acids is 2. The normalized spacial score (nSPS) is 14.6. The van der Waals surface area contributed by atoms with Crippen LogP contribution in [0.15, 0.2) is 66.7 Å². The molecule has 2 aliphatic rings. The van der Waals surface area contributed by atoms with Crippen molar-refractivity contribution in [1.82, 2.24) is 4.57 Å². The molecule has 0 fully saturated rings. The standard InChI is InChI=1S/C26H17NO8/c28-14-2-5-18-20(11-14)34-21-12-15(29)3-6-19(21)26(18)17-4-1-13(9-16(17)25(33)35-26)10-24(32)27-22(30)7-8-23(27)31/h1-9,11-12,28-31H,10H2. The van der Waals surface area contributed by atoms with E-state index in [9.17, 15) is 30.0 Å². The highest BCUT2D eigenvalue weighted by Crippen LogP contribution is 2.57. The largest absolute Gasteiger partial charge is 0.508 e. The number of aromatic nitrogens is 1. The molecule has 1 aromatic heterocycles. The number of hydrogen-bond donors (Lipinski definition) is 4. The number of carbonyl (C=O) groups is 2. The minimum Gasteiger partial charge on any atom is -0.508 e. The number of ether oxygens (including phenoxy) is 2. The molecule has 4 aromatic rings. The van der Waals surface area contributed by atoms with Gasteiger partial charge in [0.05, 0.1) is 12.0 Å². The second kappa shape index (κ2) is 7.04. The van der Waals surface area contributed by atoms with E-state index in [1.165, 1.54) is 42.5 Å². The van der Waals surface area contributed by atoms with Gasteiger partial charge in [-0.3, -0.25) is 4.79 Å². The molecule has 6 rings (SSSR count). The molecule has 0 saturated heterocycles. The van der Waals surface area contributed by atoms with Gasteiger partial charge in [0.1, 0.15) is 23.0 Å². The van der Waals surface area contributed by atoms with Crippen molar-refractivity contribution >= 4 is 11.9 Å². The third kappa shape index (κ3) is 2.88. The van der Waals surface area contributed by atoms with Crippen LogP contribution >= 0.6 is 0 Å². The van der Waals surface area contributed by atoms with Crippen molar-refractivity contribution in [2.75, 3.05) is 0 Å². The molecule has 0 saturated carbocycles. The maximum atomic E-state index is 13.1. The Kier molecular flexibility index (Phi) is 4.16. The molecule has 2 aliphatic heterocycles. The number of aromatic hydroxyl groups is 4. The molecule has 3 heterocycles. The summed E-state index contributed by atoms with van der Waals surface area (Å²) in [6.07, 6.45) is -0.193. The topological polar surface area (TPSA) is 138 Å². The Hall–Kier alpha value is -4.92. The maximum Gasteiger partial charge on any atom is 0.340 e. The molecule has 0 aliphatic carbocycles. The minimum atomic E-state index is -1.39. The Bertz CT molecular complexity index is 1500. The van der Waals surface area contributed by atoms with E-state index in [0.29, 0.717) is 22.3 Å². The molecule has 0 amide bonds. The Morgan fingerprint density at radius 1 is 0.771 bits per heavy atom. The van der Waals surface area contributed by atoms with Crippen LogP contribution in [0.4, 0.5) is 0 Å². The molecule has 0 atom stereocenters. The number of fused-ring (bicyclic) bond motifs is 6. The predicted octanol–water partition coefficient (Wildman–Crippen LogP) is 3.76. The molecular weight excluding hydrogens is 454 g/mol. The minimum absolute atomic E-state index is 0.0440. The highest BCUT2D eigenvalue weighted by atomic mass is 16.6. The lowest BCUT2D eigenvalue weighted by Gasteiger charge is -2.36. The summed E-state index contributed by atoms with van der Waals surface area (Å²) in [6.45, 7) is 0. The van der Waals surface area contributed by atoms with Gasteiger partial charge in [-0.1, -0.05) is 12.1 Å². The first-order chi connectivity index (χ1) is 16.8. The van der Waals surface area contributed by atoms with Crippen LogP contribution in [0.1, 0.15) is 37.4 Å². The molecule has 9 heteroatoms. The van der Waals surface area contributed by atoms with Gasteiger partial charge in [0.25, 0.3) is 0 Å². The zero-order chi connectivity index (χ0) is 24.5. The van der Waals surface area contributed by atoms with Crippen molar-refractivity contribution in [3.63, 3.8) is 0 Å². The van der Waals surface area contributed by atoms with Gasteiger partial charge in [-0.25, -0.2) is 9.36 Å². The number of phenols is 2. The van der Waals surface area contributed by atoms with E-state index in [0.717, 1.165) is 4.57 Å². The molecule has 3 aromatic carbocycles. The third-order valence-corrected chi connectivity index (χ3v) is 6.28. The van der Waals surface area contributed by atoms with Crippen LogP contribution in [0.25, 0.3) is 0 Å². The van der Waals surface area contributed by atoms with E-state index in [4.69, 9.17) is 9.47 Å². The average molecular weight is 471 g/mol. The summed E-state index contributed by atoms with van der Waals surface area (Å²) in [5.74, 6) is -1.56. The summed E-state index contributed by atoms with van der Waals surface area (Å²) < 4.78 is 12.7. The number of phenolic OH excluding ortho intramolecular Hbond substituents is 2. The lowest BCUT2D eigenvalue weighted by molar-refractivity contribution is 0.0224. The first-order valence-corrected chi connectivity index (χ1v) is 10.6. The van der Waals surface area contributed by atoms with Gasteiger partial charge in [-0.05, 0) is 35.9 Å². The Morgan fingerprint density at radius 2 is 1.34 bits per heavy atom. The van der Waals surface area contributed by atoms with Crippen molar-refractivity contribution in [2.45, 2.75) is 12.0 Å². The van der Waals surface area contributed by atoms with Gasteiger partial charge in [0.15, 0.2) is 5.60 Å². The van der Waals surface area contributed by atoms with Crippen molar-refractivity contribution in [3.05, 3.63) is 94.5 Å². The van der Waals surface area contributed by atoms with E-state index in [2.05, 4.69) is 0 Å². The first kappa shape index (κ1) is 20.7. The van der Waals surface area contributed by atoms with Crippen LogP contribution in [0.3, 0.4) is 0 Å². The first-order valence-electron chi connectivity index (χ1n) is 10.6. The Labute approximate surface area is 197 Å². The average Bonchev–Trinajstić information content (AvgIpc) is 3.29. The van der Waals surface area contributed by atoms with Crippen LogP contribution in [0, 0.1) is 0 Å². The van der Waals surface area contributed by atoms with E-state index in [1.54, 1.807) is 24.3 Å². The summed E-state index contributed by atoms with van der Waals surface area (Å²) in [5.41, 5.74) is 0.803. The fraction of sp³-hybridized carbons (Fsp3) is 0.0769. The maximum absolute atomic E-state index is 13.1. The fourth-order valence-corrected chi connectivity index (χ4v) is 4.79. The van der Waals surface area contributed by atoms with Gasteiger partial charge in [0, 0.05) is 41.0 Å². The second-order valence-electron chi connectivity index (χ2n) is 8.37. The van der Waals surface area contributed by atoms with Crippen molar-refractivity contribution in [1.29, 1.82) is 0 Å². The summed E-state index contributed by atoms with van der Waals surface area (Å²) >= 11 is 0. The molecule has 0 radical (unpaired) electrons. The van der Waals surface area contributed by atoms with E-state index >= 15 is 0 Å². The zero-order valence-corrected chi connectivity index (χ0v) is 17.9. The molecule has 4 N–H and O–H groups in total. The number of hydrogen-bond acceptors (Lipinski definition) is 8. The molecular formula is C26H17NO8. The smallest absolute Gasteiger partial charge is 0.340 e. The fourth-order valence-electron chi connectivity index (χ4n) is 4.79. The predicted molar refractivity (Wildman–Crippen MR) is 120 cm³/mol. The Morgan fingerprint density at radius 3 is 1.94 bits per heavy atom. The zero-order valence-electron chi connectivity index (χ0n) is 17.9. The van der Waals surface area contributed by atoms with E-state index in [1.807, 2.05) is 0 Å². The number of nitrogens with zero attached hydrogens (tertiary/aromatic N) is 1. The van der Waals surface area contributed by atoms with Crippen molar-refractivity contribution in [2.24, 2.45) is 0 Å². The number of rotatable bonds is 2. The van der Waals surface area contributed by atoms with Gasteiger partial charge in [-0.2, -0.15) is 0 Å². The van der Waals surface area contributed by atoms with Gasteiger partial charge in [-0.15, -0.1) is 0 Å². The molecule has 174 valence electrons. The van der Waals surface area contributed by atoms with Crippen molar-refractivity contribution < 1.29 is 39.5 Å². The summed E-state index contributed by atoms with van der Waals surface area (Å²) in [6, 6.07) is 16.2. The summed E-state index contributed by atoms with van der Waals surface area (Å²) in [4.78, 5) is 25.8. The summed E-state index contributed by atoms with van der Waals surface area (Å²) in [7, 11) is 0. The molecule has 1 spiro atoms.